The van der Waals surface area contributed by atoms with Crippen molar-refractivity contribution in [3.63, 3.8) is 0 Å². The third-order valence-electron chi connectivity index (χ3n) is 2.94. The van der Waals surface area contributed by atoms with Gasteiger partial charge in [-0.2, -0.15) is 0 Å². The van der Waals surface area contributed by atoms with Gasteiger partial charge < -0.3 is 14.8 Å². The number of hydrogen-bond donors (Lipinski definition) is 1. The fourth-order valence-electron chi connectivity index (χ4n) is 2.22. The molecule has 1 aliphatic heterocycles. The summed E-state index contributed by atoms with van der Waals surface area (Å²) in [4.78, 5) is 11.7. The zero-order chi connectivity index (χ0) is 13.8. The maximum absolute atomic E-state index is 11.7. The molecule has 18 heavy (non-hydrogen) atoms. The summed E-state index contributed by atoms with van der Waals surface area (Å²) in [5.74, 6) is -0.113. The maximum Gasteiger partial charge on any atom is 0.307 e. The minimum Gasteiger partial charge on any atom is -0.462 e. The molecule has 0 aliphatic carbocycles. The first kappa shape index (κ1) is 15.4. The van der Waals surface area contributed by atoms with Crippen LogP contribution >= 0.6 is 0 Å². The van der Waals surface area contributed by atoms with E-state index < -0.39 is 0 Å². The third-order valence-corrected chi connectivity index (χ3v) is 2.94. The minimum atomic E-state index is -0.113. The molecule has 0 aromatic carbocycles. The van der Waals surface area contributed by atoms with Crippen LogP contribution in [0.25, 0.3) is 0 Å². The normalized spacial score (nSPS) is 29.1. The maximum atomic E-state index is 11.7. The van der Waals surface area contributed by atoms with Gasteiger partial charge in [0.05, 0.1) is 18.6 Å². The second-order valence-corrected chi connectivity index (χ2v) is 6.27. The topological polar surface area (TPSA) is 47.6 Å². The lowest BCUT2D eigenvalue weighted by molar-refractivity contribution is -0.159. The van der Waals surface area contributed by atoms with Gasteiger partial charge in [-0.3, -0.25) is 4.79 Å². The molecule has 1 aliphatic rings. The van der Waals surface area contributed by atoms with Gasteiger partial charge in [-0.15, -0.1) is 0 Å². The summed E-state index contributed by atoms with van der Waals surface area (Å²) in [7, 11) is 0. The largest absolute Gasteiger partial charge is 0.462 e. The first-order valence-corrected chi connectivity index (χ1v) is 6.86. The molecule has 4 nitrogen and oxygen atoms in total. The lowest BCUT2D eigenvalue weighted by atomic mass is 10.0. The number of esters is 1. The summed E-state index contributed by atoms with van der Waals surface area (Å²) in [6.07, 6.45) is 2.42. The van der Waals surface area contributed by atoms with Gasteiger partial charge in [0.2, 0.25) is 0 Å². The zero-order valence-electron chi connectivity index (χ0n) is 12.3. The van der Waals surface area contributed by atoms with E-state index in [0.717, 1.165) is 12.8 Å². The number of ether oxygens (including phenoxy) is 2. The number of hydrogen-bond acceptors (Lipinski definition) is 4. The average Bonchev–Trinajstić information content (AvgIpc) is 2.12. The number of carbonyl (C=O) groups excluding carboxylic acids is 1. The standard InChI is InChI=1S/C14H27NO3/c1-10-8-12(9-11(2)17-10)18-13(16)6-7-15-14(3,4)5/h10-12,15H,6-9H2,1-5H3. The van der Waals surface area contributed by atoms with Crippen molar-refractivity contribution >= 4 is 5.97 Å². The molecule has 2 unspecified atom stereocenters. The Morgan fingerprint density at radius 2 is 1.83 bits per heavy atom. The van der Waals surface area contributed by atoms with Crippen LogP contribution in [0.5, 0.6) is 0 Å². The van der Waals surface area contributed by atoms with Crippen LogP contribution < -0.4 is 5.32 Å². The lowest BCUT2D eigenvalue weighted by Gasteiger charge is -2.31. The minimum absolute atomic E-state index is 0.0193. The SMILES string of the molecule is CC1CC(OC(=O)CCNC(C)(C)C)CC(C)O1. The molecule has 0 saturated carbocycles. The van der Waals surface area contributed by atoms with Crippen molar-refractivity contribution in [1.82, 2.24) is 5.32 Å². The molecule has 0 spiro atoms. The Morgan fingerprint density at radius 3 is 2.33 bits per heavy atom. The van der Waals surface area contributed by atoms with Crippen LogP contribution in [-0.4, -0.2) is 36.4 Å². The molecule has 4 heteroatoms. The van der Waals surface area contributed by atoms with Gasteiger partial charge in [-0.1, -0.05) is 0 Å². The highest BCUT2D eigenvalue weighted by atomic mass is 16.6. The van der Waals surface area contributed by atoms with E-state index in [0.29, 0.717) is 13.0 Å². The molecule has 1 heterocycles. The van der Waals surface area contributed by atoms with Gasteiger partial charge in [0.1, 0.15) is 6.10 Å². The molecule has 106 valence electrons. The van der Waals surface area contributed by atoms with Crippen molar-refractivity contribution in [2.24, 2.45) is 0 Å². The van der Waals surface area contributed by atoms with E-state index in [2.05, 4.69) is 26.1 Å². The molecule has 2 atom stereocenters. The van der Waals surface area contributed by atoms with Crippen LogP contribution in [0.15, 0.2) is 0 Å². The van der Waals surface area contributed by atoms with Crippen molar-refractivity contribution in [1.29, 1.82) is 0 Å². The monoisotopic (exact) mass is 257 g/mol. The number of nitrogens with one attached hydrogen (secondary N) is 1. The smallest absolute Gasteiger partial charge is 0.307 e. The van der Waals surface area contributed by atoms with E-state index in [1.54, 1.807) is 0 Å². The van der Waals surface area contributed by atoms with Crippen LogP contribution in [0.4, 0.5) is 0 Å². The highest BCUT2D eigenvalue weighted by Gasteiger charge is 2.27. The fourth-order valence-corrected chi connectivity index (χ4v) is 2.22. The highest BCUT2D eigenvalue weighted by molar-refractivity contribution is 5.69. The van der Waals surface area contributed by atoms with Crippen LogP contribution in [0.2, 0.25) is 0 Å². The Bertz CT molecular complexity index is 263. The van der Waals surface area contributed by atoms with Crippen molar-refractivity contribution < 1.29 is 14.3 Å². The summed E-state index contributed by atoms with van der Waals surface area (Å²) in [6.45, 7) is 11.0. The van der Waals surface area contributed by atoms with Crippen LogP contribution in [-0.2, 0) is 14.3 Å². The highest BCUT2D eigenvalue weighted by Crippen LogP contribution is 2.21. The first-order valence-electron chi connectivity index (χ1n) is 6.86. The van der Waals surface area contributed by atoms with Crippen molar-refractivity contribution in [3.05, 3.63) is 0 Å². The van der Waals surface area contributed by atoms with E-state index in [4.69, 9.17) is 9.47 Å². The number of rotatable bonds is 4. The fraction of sp³-hybridized carbons (Fsp3) is 0.929. The lowest BCUT2D eigenvalue weighted by Crippen LogP contribution is -2.38. The third kappa shape index (κ3) is 6.36. The summed E-state index contributed by atoms with van der Waals surface area (Å²) in [5.41, 5.74) is 0.0436. The molecule has 0 aromatic heterocycles. The Balaban J connectivity index is 2.23. The van der Waals surface area contributed by atoms with E-state index in [-0.39, 0.29) is 29.8 Å². The summed E-state index contributed by atoms with van der Waals surface area (Å²) in [6, 6.07) is 0. The molecule has 1 saturated heterocycles. The van der Waals surface area contributed by atoms with Gasteiger partial charge in [0.15, 0.2) is 0 Å². The molecule has 1 rings (SSSR count). The molecule has 0 bridgehead atoms. The van der Waals surface area contributed by atoms with Gasteiger partial charge in [0.25, 0.3) is 0 Å². The van der Waals surface area contributed by atoms with Gasteiger partial charge in [-0.05, 0) is 34.6 Å². The van der Waals surface area contributed by atoms with Crippen molar-refractivity contribution in [2.45, 2.75) is 77.7 Å². The van der Waals surface area contributed by atoms with E-state index in [1.807, 2.05) is 13.8 Å². The second-order valence-electron chi connectivity index (χ2n) is 6.27. The molecule has 1 N–H and O–H groups in total. The van der Waals surface area contributed by atoms with Crippen LogP contribution in [0, 0.1) is 0 Å². The Labute approximate surface area is 110 Å². The molecule has 1 fully saturated rings. The summed E-state index contributed by atoms with van der Waals surface area (Å²) in [5, 5.41) is 3.28. The first-order chi connectivity index (χ1) is 8.26. The van der Waals surface area contributed by atoms with E-state index in [9.17, 15) is 4.79 Å². The molecule has 0 aromatic rings. The Kier molecular flexibility index (Phi) is 5.60. The summed E-state index contributed by atoms with van der Waals surface area (Å²) < 4.78 is 11.1. The van der Waals surface area contributed by atoms with E-state index >= 15 is 0 Å². The van der Waals surface area contributed by atoms with Gasteiger partial charge in [-0.25, -0.2) is 0 Å². The Morgan fingerprint density at radius 1 is 1.28 bits per heavy atom. The molecule has 0 radical (unpaired) electrons. The zero-order valence-corrected chi connectivity index (χ0v) is 12.3. The van der Waals surface area contributed by atoms with Crippen LogP contribution in [0.3, 0.4) is 0 Å². The molecular weight excluding hydrogens is 230 g/mol. The van der Waals surface area contributed by atoms with Gasteiger partial charge >= 0.3 is 5.97 Å². The Hall–Kier alpha value is -0.610. The molecule has 0 amide bonds. The molecular formula is C14H27NO3. The van der Waals surface area contributed by atoms with Gasteiger partial charge in [0, 0.05) is 24.9 Å². The predicted octanol–water partition coefficient (Wildman–Crippen LogP) is 2.26. The summed E-state index contributed by atoms with van der Waals surface area (Å²) >= 11 is 0. The van der Waals surface area contributed by atoms with Crippen molar-refractivity contribution in [3.8, 4) is 0 Å². The van der Waals surface area contributed by atoms with Crippen LogP contribution in [0.1, 0.15) is 53.9 Å². The quantitative estimate of drug-likeness (QED) is 0.785. The van der Waals surface area contributed by atoms with E-state index in [1.165, 1.54) is 0 Å². The predicted molar refractivity (Wildman–Crippen MR) is 71.5 cm³/mol. The van der Waals surface area contributed by atoms with Crippen molar-refractivity contribution in [2.75, 3.05) is 6.54 Å². The number of carbonyl (C=O) groups is 1. The average molecular weight is 257 g/mol. The second kappa shape index (κ2) is 6.53.